The molecule has 5 nitrogen and oxygen atoms in total. The van der Waals surface area contributed by atoms with E-state index in [1.807, 2.05) is 28.8 Å². The van der Waals surface area contributed by atoms with Gasteiger partial charge in [0.15, 0.2) is 15.6 Å². The second-order valence-electron chi connectivity index (χ2n) is 4.95. The lowest BCUT2D eigenvalue weighted by Crippen LogP contribution is -2.18. The van der Waals surface area contributed by atoms with E-state index in [9.17, 15) is 13.2 Å². The second kappa shape index (κ2) is 5.75. The van der Waals surface area contributed by atoms with Gasteiger partial charge in [-0.25, -0.2) is 13.4 Å². The Hall–Kier alpha value is -1.69. The molecule has 0 bridgehead atoms. The van der Waals surface area contributed by atoms with Crippen LogP contribution >= 0.6 is 0 Å². The first kappa shape index (κ1) is 14.7. The number of hydrogen-bond donors (Lipinski definition) is 0. The maximum absolute atomic E-state index is 11.8. The zero-order chi connectivity index (χ0) is 14.8. The van der Waals surface area contributed by atoms with Crippen LogP contribution in [0.5, 0.6) is 0 Å². The standard InChI is InChI=1S/C14H18N2O3S/c1-3-8-16-13-7-5-4-6-12(13)15-14(16)9-11(17)10-20(2,18)19/h4-7H,3,8-10H2,1-2H3. The van der Waals surface area contributed by atoms with E-state index in [0.29, 0.717) is 5.82 Å². The smallest absolute Gasteiger partial charge is 0.155 e. The summed E-state index contributed by atoms with van der Waals surface area (Å²) in [5, 5.41) is 0. The Morgan fingerprint density at radius 3 is 2.65 bits per heavy atom. The Morgan fingerprint density at radius 1 is 1.30 bits per heavy atom. The van der Waals surface area contributed by atoms with Gasteiger partial charge in [-0.1, -0.05) is 19.1 Å². The lowest BCUT2D eigenvalue weighted by atomic mass is 10.3. The molecule has 0 fully saturated rings. The summed E-state index contributed by atoms with van der Waals surface area (Å²) in [6.07, 6.45) is 2.05. The van der Waals surface area contributed by atoms with Gasteiger partial charge in [-0.15, -0.1) is 0 Å². The lowest BCUT2D eigenvalue weighted by molar-refractivity contribution is -0.116. The number of rotatable bonds is 6. The van der Waals surface area contributed by atoms with E-state index < -0.39 is 15.6 Å². The van der Waals surface area contributed by atoms with Crippen molar-refractivity contribution in [3.8, 4) is 0 Å². The van der Waals surface area contributed by atoms with Crippen molar-refractivity contribution in [2.75, 3.05) is 12.0 Å². The molecule has 1 aromatic heterocycles. The zero-order valence-corrected chi connectivity index (χ0v) is 12.5. The third-order valence-corrected chi connectivity index (χ3v) is 3.81. The molecule has 0 aliphatic rings. The number of sulfone groups is 1. The van der Waals surface area contributed by atoms with Crippen molar-refractivity contribution in [3.63, 3.8) is 0 Å². The van der Waals surface area contributed by atoms with Gasteiger partial charge in [0.2, 0.25) is 0 Å². The number of imidazole rings is 1. The number of carbonyl (C=O) groups is 1. The van der Waals surface area contributed by atoms with E-state index in [0.717, 1.165) is 30.3 Å². The monoisotopic (exact) mass is 294 g/mol. The highest BCUT2D eigenvalue weighted by Gasteiger charge is 2.16. The first-order chi connectivity index (χ1) is 9.40. The van der Waals surface area contributed by atoms with Crippen molar-refractivity contribution in [2.45, 2.75) is 26.3 Å². The molecule has 2 rings (SSSR count). The van der Waals surface area contributed by atoms with E-state index in [1.54, 1.807) is 0 Å². The summed E-state index contributed by atoms with van der Waals surface area (Å²) in [6.45, 7) is 2.82. The third-order valence-electron chi connectivity index (χ3n) is 2.96. The fourth-order valence-electron chi connectivity index (χ4n) is 2.25. The van der Waals surface area contributed by atoms with Gasteiger partial charge < -0.3 is 4.57 Å². The molecule has 0 N–H and O–H groups in total. The van der Waals surface area contributed by atoms with Crippen LogP contribution in [0.4, 0.5) is 0 Å². The van der Waals surface area contributed by atoms with Crippen LogP contribution in [0.1, 0.15) is 19.2 Å². The van der Waals surface area contributed by atoms with Crippen LogP contribution in [0.2, 0.25) is 0 Å². The first-order valence-electron chi connectivity index (χ1n) is 6.54. The number of nitrogens with zero attached hydrogens (tertiary/aromatic N) is 2. The van der Waals surface area contributed by atoms with E-state index in [2.05, 4.69) is 11.9 Å². The minimum absolute atomic E-state index is 0.0573. The van der Waals surface area contributed by atoms with Crippen LogP contribution in [0.3, 0.4) is 0 Å². The average Bonchev–Trinajstić information content (AvgIpc) is 2.66. The molecule has 0 saturated heterocycles. The van der Waals surface area contributed by atoms with Crippen molar-refractivity contribution in [1.29, 1.82) is 0 Å². The normalized spacial score (nSPS) is 11.9. The minimum atomic E-state index is -3.29. The largest absolute Gasteiger partial charge is 0.328 e. The third kappa shape index (κ3) is 3.45. The molecule has 6 heteroatoms. The minimum Gasteiger partial charge on any atom is -0.328 e. The number of Topliss-reactive ketones (excluding diaryl/α,β-unsaturated/α-hetero) is 1. The highest BCUT2D eigenvalue weighted by molar-refractivity contribution is 7.91. The van der Waals surface area contributed by atoms with Gasteiger partial charge in [-0.05, 0) is 18.6 Å². The molecule has 0 spiro atoms. The van der Waals surface area contributed by atoms with Gasteiger partial charge in [0.1, 0.15) is 11.6 Å². The number of para-hydroxylation sites is 2. The van der Waals surface area contributed by atoms with Gasteiger partial charge in [-0.2, -0.15) is 0 Å². The lowest BCUT2D eigenvalue weighted by Gasteiger charge is -2.06. The van der Waals surface area contributed by atoms with E-state index >= 15 is 0 Å². The summed E-state index contributed by atoms with van der Waals surface area (Å²) in [4.78, 5) is 16.3. The number of aromatic nitrogens is 2. The summed E-state index contributed by atoms with van der Waals surface area (Å²) in [5.41, 5.74) is 1.82. The Labute approximate surface area is 118 Å². The van der Waals surface area contributed by atoms with E-state index in [4.69, 9.17) is 0 Å². The predicted octanol–water partition coefficient (Wildman–Crippen LogP) is 1.60. The highest BCUT2D eigenvalue weighted by atomic mass is 32.2. The van der Waals surface area contributed by atoms with Crippen LogP contribution in [0.25, 0.3) is 11.0 Å². The molecule has 20 heavy (non-hydrogen) atoms. The highest BCUT2D eigenvalue weighted by Crippen LogP contribution is 2.17. The number of ketones is 1. The Morgan fingerprint density at radius 2 is 2.00 bits per heavy atom. The van der Waals surface area contributed by atoms with Gasteiger partial charge >= 0.3 is 0 Å². The van der Waals surface area contributed by atoms with Crippen LogP contribution in [0, 0.1) is 0 Å². The Kier molecular flexibility index (Phi) is 4.23. The van der Waals surface area contributed by atoms with Crippen LogP contribution < -0.4 is 0 Å². The van der Waals surface area contributed by atoms with Crippen molar-refractivity contribution >= 4 is 26.7 Å². The van der Waals surface area contributed by atoms with Crippen LogP contribution in [-0.2, 0) is 27.6 Å². The molecule has 0 aliphatic carbocycles. The summed E-state index contributed by atoms with van der Waals surface area (Å²) < 4.78 is 24.3. The van der Waals surface area contributed by atoms with E-state index in [-0.39, 0.29) is 12.2 Å². The van der Waals surface area contributed by atoms with Crippen molar-refractivity contribution in [2.24, 2.45) is 0 Å². The topological polar surface area (TPSA) is 69.0 Å². The molecular weight excluding hydrogens is 276 g/mol. The number of fused-ring (bicyclic) bond motifs is 1. The molecule has 1 aromatic carbocycles. The molecule has 1 heterocycles. The van der Waals surface area contributed by atoms with Gasteiger partial charge in [0.25, 0.3) is 0 Å². The molecule has 0 amide bonds. The second-order valence-corrected chi connectivity index (χ2v) is 7.09. The molecule has 0 saturated carbocycles. The van der Waals surface area contributed by atoms with Crippen molar-refractivity contribution in [1.82, 2.24) is 9.55 Å². The summed E-state index contributed by atoms with van der Waals surface area (Å²) in [6, 6.07) is 7.68. The van der Waals surface area contributed by atoms with Crippen molar-refractivity contribution < 1.29 is 13.2 Å². The van der Waals surface area contributed by atoms with Crippen LogP contribution in [0.15, 0.2) is 24.3 Å². The Bertz CT molecular complexity index is 732. The first-order valence-corrected chi connectivity index (χ1v) is 8.60. The van der Waals surface area contributed by atoms with Gasteiger partial charge in [0.05, 0.1) is 17.5 Å². The maximum Gasteiger partial charge on any atom is 0.155 e. The Balaban J connectivity index is 2.33. The molecular formula is C14H18N2O3S. The zero-order valence-electron chi connectivity index (χ0n) is 11.7. The summed E-state index contributed by atoms with van der Waals surface area (Å²) in [5.74, 6) is -0.107. The predicted molar refractivity (Wildman–Crippen MR) is 78.4 cm³/mol. The number of benzene rings is 1. The van der Waals surface area contributed by atoms with Crippen LogP contribution in [-0.4, -0.2) is 35.8 Å². The summed E-state index contributed by atoms with van der Waals surface area (Å²) >= 11 is 0. The maximum atomic E-state index is 11.8. The quantitative estimate of drug-likeness (QED) is 0.811. The fraction of sp³-hybridized carbons (Fsp3) is 0.429. The molecule has 2 aromatic rings. The number of hydrogen-bond acceptors (Lipinski definition) is 4. The number of aryl methyl sites for hydroxylation is 1. The molecule has 0 aliphatic heterocycles. The van der Waals surface area contributed by atoms with Gasteiger partial charge in [-0.3, -0.25) is 4.79 Å². The van der Waals surface area contributed by atoms with Crippen molar-refractivity contribution in [3.05, 3.63) is 30.1 Å². The molecule has 108 valence electrons. The SMILES string of the molecule is CCCn1c(CC(=O)CS(C)(=O)=O)nc2ccccc21. The fourth-order valence-corrected chi connectivity index (χ4v) is 2.94. The van der Waals surface area contributed by atoms with E-state index in [1.165, 1.54) is 0 Å². The van der Waals surface area contributed by atoms with Gasteiger partial charge in [0, 0.05) is 12.8 Å². The average molecular weight is 294 g/mol. The molecule has 0 atom stereocenters. The number of carbonyl (C=O) groups excluding carboxylic acids is 1. The molecule has 0 radical (unpaired) electrons. The molecule has 0 unspecified atom stereocenters. The summed E-state index contributed by atoms with van der Waals surface area (Å²) in [7, 11) is -3.29.